The largest absolute Gasteiger partial charge is 0.340 e. The first-order chi connectivity index (χ1) is 12.1. The first-order valence-corrected chi connectivity index (χ1v) is 8.25. The highest BCUT2D eigenvalue weighted by atomic mass is 16.1. The quantitative estimate of drug-likeness (QED) is 0.630. The van der Waals surface area contributed by atoms with Gasteiger partial charge in [0, 0.05) is 31.0 Å². The number of rotatable bonds is 4. The fraction of sp³-hybridized carbons (Fsp3) is 0.375. The molecule has 0 aromatic carbocycles. The van der Waals surface area contributed by atoms with Gasteiger partial charge >= 0.3 is 0 Å². The van der Waals surface area contributed by atoms with Crippen molar-refractivity contribution in [3.05, 3.63) is 30.2 Å². The number of nitrogens with zero attached hydrogens (tertiary/aromatic N) is 4. The molecule has 25 heavy (non-hydrogen) atoms. The number of carbonyl (C=O) groups is 1. The van der Waals surface area contributed by atoms with E-state index in [0.29, 0.717) is 18.4 Å². The minimum absolute atomic E-state index is 0.164. The van der Waals surface area contributed by atoms with Crippen molar-refractivity contribution in [2.24, 2.45) is 15.7 Å². The van der Waals surface area contributed by atoms with Crippen LogP contribution >= 0.6 is 0 Å². The summed E-state index contributed by atoms with van der Waals surface area (Å²) < 4.78 is 0. The van der Waals surface area contributed by atoms with E-state index < -0.39 is 0 Å². The third-order valence-electron chi connectivity index (χ3n) is 3.95. The first kappa shape index (κ1) is 15.6. The van der Waals surface area contributed by atoms with Gasteiger partial charge in [0.25, 0.3) is 0 Å². The van der Waals surface area contributed by atoms with Gasteiger partial charge in [0.1, 0.15) is 23.5 Å². The molecule has 5 N–H and O–H groups in total. The molecule has 0 bridgehead atoms. The number of hydrogen-bond donors (Lipinski definition) is 4. The van der Waals surface area contributed by atoms with Crippen molar-refractivity contribution in [2.75, 3.05) is 17.2 Å². The third-order valence-corrected chi connectivity index (χ3v) is 3.95. The Labute approximate surface area is 145 Å². The molecule has 9 heteroatoms. The van der Waals surface area contributed by atoms with Crippen LogP contribution in [0.15, 0.2) is 40.2 Å². The Morgan fingerprint density at radius 3 is 3.08 bits per heavy atom. The van der Waals surface area contributed by atoms with Crippen molar-refractivity contribution < 1.29 is 4.79 Å². The molecule has 9 nitrogen and oxygen atoms in total. The second-order valence-corrected chi connectivity index (χ2v) is 6.25. The fourth-order valence-corrected chi connectivity index (χ4v) is 2.67. The lowest BCUT2D eigenvalue weighted by molar-refractivity contribution is -0.114. The van der Waals surface area contributed by atoms with Gasteiger partial charge in [-0.3, -0.25) is 20.2 Å². The van der Waals surface area contributed by atoms with Gasteiger partial charge in [-0.1, -0.05) is 0 Å². The number of fused-ring (bicyclic) bond motifs is 1. The zero-order valence-corrected chi connectivity index (χ0v) is 13.9. The first-order valence-electron chi connectivity index (χ1n) is 8.25. The number of pyridine rings is 1. The number of hydrogen-bond acceptors (Lipinski definition) is 8. The Morgan fingerprint density at radius 1 is 1.48 bits per heavy atom. The van der Waals surface area contributed by atoms with Gasteiger partial charge in [-0.25, -0.2) is 9.99 Å². The Kier molecular flexibility index (Phi) is 3.85. The maximum absolute atomic E-state index is 11.2. The van der Waals surface area contributed by atoms with E-state index in [1.165, 1.54) is 6.92 Å². The van der Waals surface area contributed by atoms with Gasteiger partial charge in [-0.05, 0) is 18.9 Å². The molecule has 0 radical (unpaired) electrons. The van der Waals surface area contributed by atoms with Crippen molar-refractivity contribution >= 4 is 29.0 Å². The van der Waals surface area contributed by atoms with Gasteiger partial charge in [0.2, 0.25) is 5.91 Å². The van der Waals surface area contributed by atoms with Crippen LogP contribution in [-0.2, 0) is 4.79 Å². The Morgan fingerprint density at radius 2 is 2.32 bits per heavy atom. The SMILES string of the molecule is CC(=O)Nc1cc(NC2=CC(=NC3CC3)C3=NCC(N)N3N2)ccn1. The molecule has 1 unspecified atom stereocenters. The number of amides is 1. The molecule has 130 valence electrons. The van der Waals surface area contributed by atoms with E-state index in [2.05, 4.69) is 26.0 Å². The molecule has 2 aliphatic heterocycles. The van der Waals surface area contributed by atoms with Crippen LogP contribution < -0.4 is 21.8 Å². The van der Waals surface area contributed by atoms with Crippen molar-refractivity contribution in [1.29, 1.82) is 0 Å². The van der Waals surface area contributed by atoms with Crippen LogP contribution in [0, 0.1) is 0 Å². The second-order valence-electron chi connectivity index (χ2n) is 6.25. The molecule has 1 atom stereocenters. The fourth-order valence-electron chi connectivity index (χ4n) is 2.67. The number of amidine groups is 1. The van der Waals surface area contributed by atoms with Gasteiger partial charge in [-0.2, -0.15) is 0 Å². The van der Waals surface area contributed by atoms with Crippen molar-refractivity contribution in [3.8, 4) is 0 Å². The number of nitrogens with one attached hydrogen (secondary N) is 3. The summed E-state index contributed by atoms with van der Waals surface area (Å²) in [7, 11) is 0. The number of aromatic nitrogens is 1. The van der Waals surface area contributed by atoms with Crippen LogP contribution in [-0.4, -0.2) is 46.2 Å². The average Bonchev–Trinajstić information content (AvgIpc) is 3.29. The van der Waals surface area contributed by atoms with E-state index >= 15 is 0 Å². The van der Waals surface area contributed by atoms with E-state index in [9.17, 15) is 4.79 Å². The van der Waals surface area contributed by atoms with E-state index in [1.807, 2.05) is 17.2 Å². The minimum atomic E-state index is -0.225. The molecule has 4 rings (SSSR count). The van der Waals surface area contributed by atoms with Crippen LogP contribution in [0.4, 0.5) is 11.5 Å². The van der Waals surface area contributed by atoms with Gasteiger partial charge in [0.15, 0.2) is 5.84 Å². The Balaban J connectivity index is 1.57. The summed E-state index contributed by atoms with van der Waals surface area (Å²) in [6.07, 6.45) is 5.58. The molecule has 0 saturated heterocycles. The van der Waals surface area contributed by atoms with Gasteiger partial charge in [0.05, 0.1) is 12.6 Å². The van der Waals surface area contributed by atoms with E-state index in [0.717, 1.165) is 35.9 Å². The molecule has 1 aliphatic carbocycles. The van der Waals surface area contributed by atoms with Crippen molar-refractivity contribution in [3.63, 3.8) is 0 Å². The number of nitrogens with two attached hydrogens (primary N) is 1. The summed E-state index contributed by atoms with van der Waals surface area (Å²) in [5, 5.41) is 7.78. The molecule has 1 aromatic heterocycles. The zero-order chi connectivity index (χ0) is 17.4. The molecule has 1 amide bonds. The maximum Gasteiger partial charge on any atom is 0.222 e. The molecular weight excluding hydrogens is 320 g/mol. The van der Waals surface area contributed by atoms with E-state index in [-0.39, 0.29) is 12.1 Å². The lowest BCUT2D eigenvalue weighted by Gasteiger charge is -2.32. The predicted molar refractivity (Wildman–Crippen MR) is 96.0 cm³/mol. The number of aliphatic imine (C=N–C) groups is 2. The predicted octanol–water partition coefficient (Wildman–Crippen LogP) is 0.414. The lowest BCUT2D eigenvalue weighted by Crippen LogP contribution is -2.55. The lowest BCUT2D eigenvalue weighted by atomic mass is 10.2. The van der Waals surface area contributed by atoms with Crippen LogP contribution in [0.5, 0.6) is 0 Å². The van der Waals surface area contributed by atoms with Crippen LogP contribution in [0.3, 0.4) is 0 Å². The summed E-state index contributed by atoms with van der Waals surface area (Å²) in [5.74, 6) is 1.86. The van der Waals surface area contributed by atoms with Crippen molar-refractivity contribution in [1.82, 2.24) is 15.4 Å². The molecular formula is C16H20N8O. The van der Waals surface area contributed by atoms with Gasteiger partial charge in [-0.15, -0.1) is 0 Å². The summed E-state index contributed by atoms with van der Waals surface area (Å²) in [6, 6.07) is 3.97. The third kappa shape index (κ3) is 3.45. The Hall–Kier alpha value is -2.94. The van der Waals surface area contributed by atoms with E-state index in [1.54, 1.807) is 12.3 Å². The standard InChI is InChI=1S/C16H20N8O/c1-9(25)20-14-6-11(4-5-18-14)22-15-7-12(21-10-2-3-10)16-19-8-13(17)24(16)23-15/h4-7,10,13,23H,2-3,8,17H2,1H3,(H2,18,20,22,25). The number of carbonyl (C=O) groups excluding carboxylic acids is 1. The van der Waals surface area contributed by atoms with Gasteiger partial charge < -0.3 is 16.4 Å². The number of hydrazine groups is 1. The highest BCUT2D eigenvalue weighted by molar-refractivity contribution is 6.46. The van der Waals surface area contributed by atoms with Crippen LogP contribution in [0.1, 0.15) is 19.8 Å². The maximum atomic E-state index is 11.2. The molecule has 3 aliphatic rings. The monoisotopic (exact) mass is 340 g/mol. The topological polar surface area (TPSA) is 120 Å². The second kappa shape index (κ2) is 6.17. The summed E-state index contributed by atoms with van der Waals surface area (Å²) in [5.41, 5.74) is 11.0. The molecule has 1 fully saturated rings. The van der Waals surface area contributed by atoms with Crippen LogP contribution in [0.2, 0.25) is 0 Å². The average molecular weight is 340 g/mol. The normalized spacial score (nSPS) is 23.5. The van der Waals surface area contributed by atoms with Crippen molar-refractivity contribution in [2.45, 2.75) is 32.0 Å². The molecule has 0 spiro atoms. The summed E-state index contributed by atoms with van der Waals surface area (Å²) >= 11 is 0. The Bertz CT molecular complexity index is 795. The summed E-state index contributed by atoms with van der Waals surface area (Å²) in [4.78, 5) is 24.5. The van der Waals surface area contributed by atoms with Crippen LogP contribution in [0.25, 0.3) is 0 Å². The molecule has 1 aromatic rings. The van der Waals surface area contributed by atoms with E-state index in [4.69, 9.17) is 10.7 Å². The smallest absolute Gasteiger partial charge is 0.222 e. The molecule has 3 heterocycles. The number of anilines is 2. The minimum Gasteiger partial charge on any atom is -0.340 e. The highest BCUT2D eigenvalue weighted by Crippen LogP contribution is 2.25. The summed E-state index contributed by atoms with van der Waals surface area (Å²) in [6.45, 7) is 1.98. The molecule has 1 saturated carbocycles. The zero-order valence-electron chi connectivity index (χ0n) is 13.9. The highest BCUT2D eigenvalue weighted by Gasteiger charge is 2.33.